The van der Waals surface area contributed by atoms with Gasteiger partial charge in [0.25, 0.3) is 0 Å². The first-order chi connectivity index (χ1) is 8.65. The molecule has 0 aromatic heterocycles. The van der Waals surface area contributed by atoms with Gasteiger partial charge in [0.15, 0.2) is 0 Å². The SMILES string of the molecule is Cl.NC1=Nc2cc(Cl)c(F)cc2Nc2ccccc21. The summed E-state index contributed by atoms with van der Waals surface area (Å²) in [7, 11) is 0. The van der Waals surface area contributed by atoms with Crippen LogP contribution in [-0.2, 0) is 0 Å². The summed E-state index contributed by atoms with van der Waals surface area (Å²) in [6, 6.07) is 10.2. The molecule has 0 amide bonds. The highest BCUT2D eigenvalue weighted by Gasteiger charge is 2.15. The van der Waals surface area contributed by atoms with Gasteiger partial charge in [-0.15, -0.1) is 12.4 Å². The van der Waals surface area contributed by atoms with Crippen LogP contribution in [-0.4, -0.2) is 5.84 Å². The standard InChI is InChI=1S/C13H9ClFN3.ClH/c14-8-5-11-12(6-9(8)15)17-10-4-2-1-3-7(10)13(16)18-11;/h1-6,17H,(H2,16,18);1H. The van der Waals surface area contributed by atoms with Crippen molar-refractivity contribution in [2.45, 2.75) is 0 Å². The molecule has 3 N–H and O–H groups in total. The molecule has 0 atom stereocenters. The van der Waals surface area contributed by atoms with Crippen molar-refractivity contribution >= 4 is 46.9 Å². The predicted molar refractivity (Wildman–Crippen MR) is 78.8 cm³/mol. The van der Waals surface area contributed by atoms with Crippen molar-refractivity contribution in [2.75, 3.05) is 5.32 Å². The van der Waals surface area contributed by atoms with E-state index in [1.54, 1.807) is 0 Å². The molecule has 0 fully saturated rings. The summed E-state index contributed by atoms with van der Waals surface area (Å²) >= 11 is 5.75. The van der Waals surface area contributed by atoms with Crippen LogP contribution in [0.15, 0.2) is 41.4 Å². The number of nitrogens with zero attached hydrogens (tertiary/aromatic N) is 1. The number of hydrogen-bond acceptors (Lipinski definition) is 3. The lowest BCUT2D eigenvalue weighted by Gasteiger charge is -2.09. The second-order valence-electron chi connectivity index (χ2n) is 3.95. The number of amidine groups is 1. The molecule has 2 aromatic rings. The number of halogens is 3. The van der Waals surface area contributed by atoms with Crippen molar-refractivity contribution in [3.05, 3.63) is 52.8 Å². The first-order valence-corrected chi connectivity index (χ1v) is 5.72. The van der Waals surface area contributed by atoms with E-state index in [2.05, 4.69) is 10.3 Å². The Morgan fingerprint density at radius 1 is 1.16 bits per heavy atom. The Morgan fingerprint density at radius 3 is 2.68 bits per heavy atom. The summed E-state index contributed by atoms with van der Waals surface area (Å²) in [4.78, 5) is 4.26. The maximum atomic E-state index is 13.5. The highest BCUT2D eigenvalue weighted by atomic mass is 35.5. The van der Waals surface area contributed by atoms with Crippen molar-refractivity contribution < 1.29 is 4.39 Å². The lowest BCUT2D eigenvalue weighted by molar-refractivity contribution is 0.629. The molecule has 19 heavy (non-hydrogen) atoms. The normalized spacial score (nSPS) is 12.2. The van der Waals surface area contributed by atoms with Crippen LogP contribution in [0.4, 0.5) is 21.5 Å². The van der Waals surface area contributed by atoms with Gasteiger partial charge in [-0.2, -0.15) is 0 Å². The Hall–Kier alpha value is -1.78. The number of anilines is 2. The van der Waals surface area contributed by atoms with Crippen LogP contribution in [0.3, 0.4) is 0 Å². The summed E-state index contributed by atoms with van der Waals surface area (Å²) in [5, 5.41) is 3.13. The van der Waals surface area contributed by atoms with E-state index in [1.807, 2.05) is 24.3 Å². The van der Waals surface area contributed by atoms with Crippen LogP contribution in [0.1, 0.15) is 5.56 Å². The molecule has 0 radical (unpaired) electrons. The monoisotopic (exact) mass is 297 g/mol. The molecule has 0 unspecified atom stereocenters. The van der Waals surface area contributed by atoms with E-state index in [0.717, 1.165) is 11.3 Å². The third-order valence-electron chi connectivity index (χ3n) is 2.75. The molecule has 1 aliphatic rings. The minimum absolute atomic E-state index is 0. The number of hydrogen-bond donors (Lipinski definition) is 2. The molecule has 0 saturated heterocycles. The summed E-state index contributed by atoms with van der Waals surface area (Å²) in [6.07, 6.45) is 0. The van der Waals surface area contributed by atoms with Crippen molar-refractivity contribution in [2.24, 2.45) is 10.7 Å². The van der Waals surface area contributed by atoms with Gasteiger partial charge >= 0.3 is 0 Å². The lowest BCUT2D eigenvalue weighted by Crippen LogP contribution is -2.13. The van der Waals surface area contributed by atoms with Crippen molar-refractivity contribution in [3.63, 3.8) is 0 Å². The van der Waals surface area contributed by atoms with Gasteiger partial charge in [-0.05, 0) is 18.2 Å². The van der Waals surface area contributed by atoms with Crippen LogP contribution < -0.4 is 11.1 Å². The Balaban J connectivity index is 0.00000133. The summed E-state index contributed by atoms with van der Waals surface area (Å²) < 4.78 is 13.5. The highest BCUT2D eigenvalue weighted by molar-refractivity contribution is 6.31. The van der Waals surface area contributed by atoms with Gasteiger partial charge in [-0.25, -0.2) is 9.38 Å². The number of para-hydroxylation sites is 1. The molecular weight excluding hydrogens is 288 g/mol. The van der Waals surface area contributed by atoms with Crippen LogP contribution >= 0.6 is 24.0 Å². The van der Waals surface area contributed by atoms with Crippen molar-refractivity contribution in [3.8, 4) is 0 Å². The molecular formula is C13H10Cl2FN3. The predicted octanol–water partition coefficient (Wildman–Crippen LogP) is 3.99. The zero-order chi connectivity index (χ0) is 12.7. The van der Waals surface area contributed by atoms with Crippen LogP contribution in [0.25, 0.3) is 0 Å². The molecule has 6 heteroatoms. The molecule has 3 nitrogen and oxygen atoms in total. The second-order valence-corrected chi connectivity index (χ2v) is 4.36. The largest absolute Gasteiger partial charge is 0.383 e. The molecule has 1 heterocycles. The number of fused-ring (bicyclic) bond motifs is 2. The van der Waals surface area contributed by atoms with E-state index in [0.29, 0.717) is 17.2 Å². The van der Waals surface area contributed by atoms with E-state index in [9.17, 15) is 4.39 Å². The fourth-order valence-corrected chi connectivity index (χ4v) is 2.04. The number of nitrogens with one attached hydrogen (secondary N) is 1. The molecule has 3 rings (SSSR count). The van der Waals surface area contributed by atoms with Gasteiger partial charge in [-0.1, -0.05) is 23.7 Å². The van der Waals surface area contributed by atoms with Gasteiger partial charge in [0.2, 0.25) is 0 Å². The minimum Gasteiger partial charge on any atom is -0.383 e. The quantitative estimate of drug-likeness (QED) is 0.772. The van der Waals surface area contributed by atoms with Gasteiger partial charge in [-0.3, -0.25) is 0 Å². The molecule has 0 saturated carbocycles. The number of aliphatic imine (C=N–C) groups is 1. The van der Waals surface area contributed by atoms with E-state index in [1.165, 1.54) is 12.1 Å². The van der Waals surface area contributed by atoms with E-state index < -0.39 is 5.82 Å². The molecule has 98 valence electrons. The lowest BCUT2D eigenvalue weighted by atomic mass is 10.1. The Morgan fingerprint density at radius 2 is 1.89 bits per heavy atom. The zero-order valence-electron chi connectivity index (χ0n) is 9.65. The summed E-state index contributed by atoms with van der Waals surface area (Å²) in [5.41, 5.74) is 8.57. The zero-order valence-corrected chi connectivity index (χ0v) is 11.2. The van der Waals surface area contributed by atoms with Gasteiger partial charge < -0.3 is 11.1 Å². The first-order valence-electron chi connectivity index (χ1n) is 5.35. The van der Waals surface area contributed by atoms with E-state index in [-0.39, 0.29) is 17.4 Å². The molecule has 1 aliphatic heterocycles. The van der Waals surface area contributed by atoms with Crippen molar-refractivity contribution in [1.29, 1.82) is 0 Å². The fourth-order valence-electron chi connectivity index (χ4n) is 1.88. The van der Waals surface area contributed by atoms with Gasteiger partial charge in [0.1, 0.15) is 11.7 Å². The average molecular weight is 298 g/mol. The molecule has 0 bridgehead atoms. The van der Waals surface area contributed by atoms with Gasteiger partial charge in [0.05, 0.1) is 16.4 Å². The maximum absolute atomic E-state index is 13.5. The van der Waals surface area contributed by atoms with Crippen LogP contribution in [0, 0.1) is 5.82 Å². The Labute approximate surface area is 120 Å². The molecule has 0 aliphatic carbocycles. The van der Waals surface area contributed by atoms with Gasteiger partial charge in [0, 0.05) is 17.3 Å². The van der Waals surface area contributed by atoms with Crippen molar-refractivity contribution in [1.82, 2.24) is 0 Å². The molecule has 0 spiro atoms. The third-order valence-corrected chi connectivity index (χ3v) is 3.04. The second kappa shape index (κ2) is 5.07. The number of nitrogens with two attached hydrogens (primary N) is 1. The topological polar surface area (TPSA) is 50.4 Å². The fraction of sp³-hybridized carbons (Fsp3) is 0. The Bertz CT molecular complexity index is 671. The smallest absolute Gasteiger partial charge is 0.144 e. The summed E-state index contributed by atoms with van der Waals surface area (Å²) in [5.74, 6) is -0.115. The minimum atomic E-state index is -0.490. The van der Waals surface area contributed by atoms with E-state index in [4.69, 9.17) is 17.3 Å². The van der Waals surface area contributed by atoms with Crippen LogP contribution in [0.5, 0.6) is 0 Å². The third kappa shape index (κ3) is 2.37. The molecule has 2 aromatic carbocycles. The van der Waals surface area contributed by atoms with Crippen LogP contribution in [0.2, 0.25) is 5.02 Å². The summed E-state index contributed by atoms with van der Waals surface area (Å²) in [6.45, 7) is 0. The number of rotatable bonds is 0. The number of benzene rings is 2. The average Bonchev–Trinajstić information content (AvgIpc) is 2.48. The first kappa shape index (κ1) is 13.6. The maximum Gasteiger partial charge on any atom is 0.144 e. The Kier molecular flexibility index (Phi) is 3.64. The highest BCUT2D eigenvalue weighted by Crippen LogP contribution is 2.36. The van der Waals surface area contributed by atoms with E-state index >= 15 is 0 Å².